The Hall–Kier alpha value is -3.77. The van der Waals surface area contributed by atoms with E-state index in [4.69, 9.17) is 30.2 Å². The predicted octanol–water partition coefficient (Wildman–Crippen LogP) is 6.29. The number of hydrogen-bond donors (Lipinski definition) is 0. The zero-order chi connectivity index (χ0) is 23.9. The van der Waals surface area contributed by atoms with Gasteiger partial charge in [-0.25, -0.2) is 9.78 Å². The lowest BCUT2D eigenvalue weighted by molar-refractivity contribution is 0.0595. The third-order valence-electron chi connectivity index (χ3n) is 5.19. The Bertz CT molecular complexity index is 1250. The summed E-state index contributed by atoms with van der Waals surface area (Å²) in [5.41, 5.74) is 3.08. The number of esters is 1. The van der Waals surface area contributed by atoms with E-state index in [2.05, 4.69) is 4.98 Å². The largest absolute Gasteiger partial charge is 0.493 e. The number of ether oxygens (including phenoxy) is 3. The van der Waals surface area contributed by atoms with E-state index in [1.165, 1.54) is 7.11 Å². The van der Waals surface area contributed by atoms with E-state index in [1.807, 2.05) is 61.5 Å². The molecule has 0 N–H and O–H groups in total. The zero-order valence-corrected chi connectivity index (χ0v) is 19.7. The van der Waals surface area contributed by atoms with Crippen molar-refractivity contribution in [1.29, 1.82) is 0 Å². The molecule has 0 amide bonds. The van der Waals surface area contributed by atoms with E-state index < -0.39 is 5.97 Å². The Morgan fingerprint density at radius 2 is 1.76 bits per heavy atom. The first-order chi connectivity index (χ1) is 16.5. The second-order valence-corrected chi connectivity index (χ2v) is 7.99. The fraction of sp³-hybridized carbons (Fsp3) is 0.185. The van der Waals surface area contributed by atoms with Crippen LogP contribution in [0.1, 0.15) is 27.4 Å². The fourth-order valence-electron chi connectivity index (χ4n) is 3.37. The van der Waals surface area contributed by atoms with E-state index in [-0.39, 0.29) is 6.61 Å². The molecular formula is C27H24ClNO5. The van der Waals surface area contributed by atoms with Crippen molar-refractivity contribution in [2.45, 2.75) is 20.0 Å². The lowest BCUT2D eigenvalue weighted by Crippen LogP contribution is -2.06. The quantitative estimate of drug-likeness (QED) is 0.264. The van der Waals surface area contributed by atoms with Gasteiger partial charge in [-0.2, -0.15) is 0 Å². The second-order valence-electron chi connectivity index (χ2n) is 7.55. The molecule has 0 saturated heterocycles. The highest BCUT2D eigenvalue weighted by molar-refractivity contribution is 6.30. The van der Waals surface area contributed by atoms with Gasteiger partial charge in [-0.1, -0.05) is 41.9 Å². The van der Waals surface area contributed by atoms with Crippen molar-refractivity contribution < 1.29 is 23.4 Å². The summed E-state index contributed by atoms with van der Waals surface area (Å²) in [6.45, 7) is 2.66. The molecular weight excluding hydrogens is 454 g/mol. The molecule has 0 saturated carbocycles. The maximum atomic E-state index is 11.9. The van der Waals surface area contributed by atoms with Crippen molar-refractivity contribution in [2.24, 2.45) is 0 Å². The minimum Gasteiger partial charge on any atom is -0.493 e. The van der Waals surface area contributed by atoms with Gasteiger partial charge in [0.1, 0.15) is 29.4 Å². The average Bonchev–Trinajstić information content (AvgIpc) is 3.24. The fourth-order valence-corrected chi connectivity index (χ4v) is 3.53. The molecule has 0 aliphatic heterocycles. The van der Waals surface area contributed by atoms with E-state index >= 15 is 0 Å². The van der Waals surface area contributed by atoms with Crippen LogP contribution < -0.4 is 9.47 Å². The number of aromatic nitrogens is 1. The van der Waals surface area contributed by atoms with Crippen LogP contribution in [-0.2, 0) is 17.8 Å². The number of carbonyl (C=O) groups is 1. The molecule has 0 spiro atoms. The molecule has 0 aliphatic carbocycles. The van der Waals surface area contributed by atoms with Crippen LogP contribution in [0.5, 0.6) is 11.5 Å². The third-order valence-corrected chi connectivity index (χ3v) is 5.42. The van der Waals surface area contributed by atoms with Gasteiger partial charge in [0.05, 0.1) is 19.4 Å². The first kappa shape index (κ1) is 23.4. The highest BCUT2D eigenvalue weighted by atomic mass is 35.5. The molecule has 34 heavy (non-hydrogen) atoms. The van der Waals surface area contributed by atoms with E-state index in [0.717, 1.165) is 28.3 Å². The molecule has 1 aromatic heterocycles. The molecule has 0 aliphatic rings. The summed E-state index contributed by atoms with van der Waals surface area (Å²) >= 11 is 6.04. The Labute approximate surface area is 203 Å². The molecule has 0 fully saturated rings. The van der Waals surface area contributed by atoms with Gasteiger partial charge in [0, 0.05) is 17.0 Å². The Morgan fingerprint density at radius 3 is 2.50 bits per heavy atom. The number of aryl methyl sites for hydroxylation is 1. The lowest BCUT2D eigenvalue weighted by atomic mass is 10.2. The third kappa shape index (κ3) is 5.77. The number of methoxy groups -OCH3 is 1. The van der Waals surface area contributed by atoms with Gasteiger partial charge < -0.3 is 18.6 Å². The van der Waals surface area contributed by atoms with Crippen LogP contribution in [0, 0.1) is 6.92 Å². The van der Waals surface area contributed by atoms with Gasteiger partial charge in [-0.3, -0.25) is 0 Å². The van der Waals surface area contributed by atoms with Crippen LogP contribution in [0.3, 0.4) is 0 Å². The van der Waals surface area contributed by atoms with E-state index in [1.54, 1.807) is 18.2 Å². The Morgan fingerprint density at radius 1 is 1.00 bits per heavy atom. The second kappa shape index (κ2) is 10.9. The van der Waals surface area contributed by atoms with Gasteiger partial charge >= 0.3 is 5.97 Å². The SMILES string of the molecule is COC(=O)c1ccc(Cl)cc1OCc1ccc(OCCc2nc(-c3ccccc3)oc2C)cc1. The molecule has 0 radical (unpaired) electrons. The van der Waals surface area contributed by atoms with Gasteiger partial charge in [0.15, 0.2) is 0 Å². The highest BCUT2D eigenvalue weighted by Crippen LogP contribution is 2.26. The molecule has 3 aromatic carbocycles. The topological polar surface area (TPSA) is 70.8 Å². The molecule has 6 nitrogen and oxygen atoms in total. The smallest absolute Gasteiger partial charge is 0.341 e. The summed E-state index contributed by atoms with van der Waals surface area (Å²) in [7, 11) is 1.32. The normalized spacial score (nSPS) is 10.7. The number of benzene rings is 3. The van der Waals surface area contributed by atoms with Gasteiger partial charge in [0.2, 0.25) is 5.89 Å². The summed E-state index contributed by atoms with van der Waals surface area (Å²) in [6, 6.07) is 22.2. The zero-order valence-electron chi connectivity index (χ0n) is 18.9. The van der Waals surface area contributed by atoms with Crippen LogP contribution in [0.2, 0.25) is 5.02 Å². The van der Waals surface area contributed by atoms with Gasteiger partial charge in [0.25, 0.3) is 0 Å². The van der Waals surface area contributed by atoms with Crippen LogP contribution >= 0.6 is 11.6 Å². The van der Waals surface area contributed by atoms with E-state index in [9.17, 15) is 4.79 Å². The lowest BCUT2D eigenvalue weighted by Gasteiger charge is -2.11. The standard InChI is InChI=1S/C27H24ClNO5/c1-18-24(29-26(34-18)20-6-4-3-5-7-20)14-15-32-22-11-8-19(9-12-22)17-33-25-16-21(28)10-13-23(25)27(30)31-2/h3-13,16H,14-15,17H2,1-2H3. The number of halogens is 1. The first-order valence-corrected chi connectivity index (χ1v) is 11.2. The summed E-state index contributed by atoms with van der Waals surface area (Å²) < 4.78 is 22.3. The molecule has 1 heterocycles. The average molecular weight is 478 g/mol. The number of rotatable bonds is 9. The van der Waals surface area contributed by atoms with Crippen molar-refractivity contribution in [3.63, 3.8) is 0 Å². The maximum absolute atomic E-state index is 11.9. The van der Waals surface area contributed by atoms with Crippen molar-refractivity contribution >= 4 is 17.6 Å². The minimum absolute atomic E-state index is 0.269. The van der Waals surface area contributed by atoms with E-state index in [0.29, 0.717) is 35.3 Å². The summed E-state index contributed by atoms with van der Waals surface area (Å²) in [6.07, 6.45) is 0.637. The molecule has 7 heteroatoms. The van der Waals surface area contributed by atoms with Crippen LogP contribution in [0.4, 0.5) is 0 Å². The van der Waals surface area contributed by atoms with Crippen molar-refractivity contribution in [3.8, 4) is 23.0 Å². The molecule has 4 rings (SSSR count). The Kier molecular flexibility index (Phi) is 7.50. The summed E-state index contributed by atoms with van der Waals surface area (Å²) in [5, 5.41) is 0.477. The molecule has 0 bridgehead atoms. The molecule has 0 atom stereocenters. The predicted molar refractivity (Wildman–Crippen MR) is 129 cm³/mol. The van der Waals surface area contributed by atoms with Crippen molar-refractivity contribution in [3.05, 3.63) is 100 Å². The number of nitrogens with zero attached hydrogens (tertiary/aromatic N) is 1. The minimum atomic E-state index is -0.478. The molecule has 174 valence electrons. The maximum Gasteiger partial charge on any atom is 0.341 e. The molecule has 4 aromatic rings. The summed E-state index contributed by atoms with van der Waals surface area (Å²) in [5.74, 6) is 2.05. The van der Waals surface area contributed by atoms with Crippen LogP contribution in [0.15, 0.2) is 77.2 Å². The first-order valence-electron chi connectivity index (χ1n) is 10.8. The Balaban J connectivity index is 1.31. The molecule has 0 unspecified atom stereocenters. The van der Waals surface area contributed by atoms with Gasteiger partial charge in [-0.15, -0.1) is 0 Å². The number of carbonyl (C=O) groups excluding carboxylic acids is 1. The highest BCUT2D eigenvalue weighted by Gasteiger charge is 2.14. The van der Waals surface area contributed by atoms with Crippen LogP contribution in [0.25, 0.3) is 11.5 Å². The number of oxazole rings is 1. The monoisotopic (exact) mass is 477 g/mol. The summed E-state index contributed by atoms with van der Waals surface area (Å²) in [4.78, 5) is 16.5. The van der Waals surface area contributed by atoms with Crippen molar-refractivity contribution in [2.75, 3.05) is 13.7 Å². The van der Waals surface area contributed by atoms with Crippen molar-refractivity contribution in [1.82, 2.24) is 4.98 Å². The van der Waals surface area contributed by atoms with Crippen LogP contribution in [-0.4, -0.2) is 24.7 Å². The number of hydrogen-bond acceptors (Lipinski definition) is 6. The van der Waals surface area contributed by atoms with Gasteiger partial charge in [-0.05, 0) is 55.0 Å².